The number of carbonyl (C=O) groups is 2. The minimum absolute atomic E-state index is 0.205. The molecule has 0 spiro atoms. The third-order valence-electron chi connectivity index (χ3n) is 3.22. The zero-order chi connectivity index (χ0) is 13.6. The quantitative estimate of drug-likeness (QED) is 0.584. The van der Waals surface area contributed by atoms with Crippen molar-refractivity contribution in [2.75, 3.05) is 6.61 Å². The first-order valence-corrected chi connectivity index (χ1v) is 5.86. The number of hydrogen-bond donors (Lipinski definition) is 2. The lowest BCUT2D eigenvalue weighted by Crippen LogP contribution is -2.35. The van der Waals surface area contributed by atoms with E-state index in [9.17, 15) is 9.59 Å². The molecule has 9 heteroatoms. The summed E-state index contributed by atoms with van der Waals surface area (Å²) >= 11 is 0. The molecule has 0 radical (unpaired) electrons. The molecule has 0 bridgehead atoms. The van der Waals surface area contributed by atoms with Gasteiger partial charge in [0.1, 0.15) is 12.2 Å². The van der Waals surface area contributed by atoms with Crippen LogP contribution in [0.5, 0.6) is 0 Å². The van der Waals surface area contributed by atoms with Crippen LogP contribution in [0.4, 0.5) is 0 Å². The molecule has 0 saturated carbocycles. The number of hydrogen-bond acceptors (Lipinski definition) is 7. The maximum absolute atomic E-state index is 10.9. The van der Waals surface area contributed by atoms with Crippen molar-refractivity contribution >= 4 is 11.8 Å². The van der Waals surface area contributed by atoms with Crippen LogP contribution < -0.4 is 11.5 Å². The number of primary amides is 2. The molecule has 3 saturated heterocycles. The number of nitrogens with two attached hydrogens (primary N) is 2. The number of rotatable bonds is 3. The van der Waals surface area contributed by atoms with Crippen molar-refractivity contribution in [3.8, 4) is 0 Å². The highest BCUT2D eigenvalue weighted by Crippen LogP contribution is 2.35. The monoisotopic (exact) mass is 274 g/mol. The Labute approximate surface area is 108 Å². The Morgan fingerprint density at radius 2 is 1.53 bits per heavy atom. The Kier molecular flexibility index (Phi) is 3.15. The molecule has 3 aliphatic rings. The molecule has 19 heavy (non-hydrogen) atoms. The second kappa shape index (κ2) is 4.69. The van der Waals surface area contributed by atoms with E-state index in [1.54, 1.807) is 0 Å². The van der Waals surface area contributed by atoms with Crippen molar-refractivity contribution in [3.05, 3.63) is 0 Å². The number of ether oxygens (including phenoxy) is 5. The van der Waals surface area contributed by atoms with Gasteiger partial charge in [-0.15, -0.1) is 0 Å². The molecule has 2 amide bonds. The third kappa shape index (κ3) is 2.30. The van der Waals surface area contributed by atoms with E-state index in [0.717, 1.165) is 0 Å². The first-order chi connectivity index (χ1) is 9.04. The maximum Gasteiger partial charge on any atom is 0.274 e. The zero-order valence-corrected chi connectivity index (χ0v) is 9.89. The highest BCUT2D eigenvalue weighted by Gasteiger charge is 2.50. The van der Waals surface area contributed by atoms with Crippen LogP contribution in [-0.2, 0) is 33.3 Å². The Hall–Kier alpha value is -1.26. The number of fused-ring (bicyclic) bond motifs is 1. The van der Waals surface area contributed by atoms with Crippen LogP contribution in [0.3, 0.4) is 0 Å². The van der Waals surface area contributed by atoms with Crippen molar-refractivity contribution in [2.45, 2.75) is 43.6 Å². The predicted octanol–water partition coefficient (Wildman–Crippen LogP) is -2.44. The van der Waals surface area contributed by atoms with Crippen molar-refractivity contribution in [2.24, 2.45) is 11.5 Å². The van der Waals surface area contributed by atoms with Gasteiger partial charge in [-0.2, -0.15) is 0 Å². The SMILES string of the molecule is NC(=O)C1OCC(C2CC3OC(C(N)=O)OC3O2)O1. The summed E-state index contributed by atoms with van der Waals surface area (Å²) in [6, 6.07) is 0. The average molecular weight is 274 g/mol. The number of carbonyl (C=O) groups excluding carboxylic acids is 2. The summed E-state index contributed by atoms with van der Waals surface area (Å²) in [4.78, 5) is 21.8. The van der Waals surface area contributed by atoms with Gasteiger partial charge in [-0.3, -0.25) is 9.59 Å². The summed E-state index contributed by atoms with van der Waals surface area (Å²) in [6.45, 7) is 0.205. The molecule has 106 valence electrons. The highest BCUT2D eigenvalue weighted by molar-refractivity contribution is 5.78. The van der Waals surface area contributed by atoms with E-state index in [2.05, 4.69) is 0 Å². The van der Waals surface area contributed by atoms with Gasteiger partial charge in [0, 0.05) is 6.42 Å². The van der Waals surface area contributed by atoms with Crippen LogP contribution in [0.15, 0.2) is 0 Å². The van der Waals surface area contributed by atoms with Gasteiger partial charge in [-0.05, 0) is 0 Å². The molecule has 6 atom stereocenters. The summed E-state index contributed by atoms with van der Waals surface area (Å²) in [5.41, 5.74) is 10.1. The lowest BCUT2D eigenvalue weighted by Gasteiger charge is -2.18. The van der Waals surface area contributed by atoms with Crippen LogP contribution in [0.1, 0.15) is 6.42 Å². The van der Waals surface area contributed by atoms with Crippen LogP contribution >= 0.6 is 0 Å². The van der Waals surface area contributed by atoms with Gasteiger partial charge in [0.2, 0.25) is 12.6 Å². The van der Waals surface area contributed by atoms with Gasteiger partial charge < -0.3 is 35.2 Å². The molecule has 3 aliphatic heterocycles. The fraction of sp³-hybridized carbons (Fsp3) is 0.800. The van der Waals surface area contributed by atoms with Crippen molar-refractivity contribution < 1.29 is 33.3 Å². The molecular weight excluding hydrogens is 260 g/mol. The summed E-state index contributed by atoms with van der Waals surface area (Å²) in [5, 5.41) is 0. The summed E-state index contributed by atoms with van der Waals surface area (Å²) < 4.78 is 26.5. The van der Waals surface area contributed by atoms with E-state index >= 15 is 0 Å². The van der Waals surface area contributed by atoms with Gasteiger partial charge >= 0.3 is 0 Å². The molecule has 0 aliphatic carbocycles. The van der Waals surface area contributed by atoms with Crippen molar-refractivity contribution in [1.82, 2.24) is 0 Å². The molecular formula is C10H14N2O7. The van der Waals surface area contributed by atoms with E-state index < -0.39 is 36.8 Å². The lowest BCUT2D eigenvalue weighted by atomic mass is 10.1. The van der Waals surface area contributed by atoms with Gasteiger partial charge in [0.25, 0.3) is 11.8 Å². The van der Waals surface area contributed by atoms with Gasteiger partial charge in [0.05, 0.1) is 12.7 Å². The van der Waals surface area contributed by atoms with Crippen LogP contribution in [-0.4, -0.2) is 55.6 Å². The van der Waals surface area contributed by atoms with E-state index in [0.29, 0.717) is 6.42 Å². The predicted molar refractivity (Wildman–Crippen MR) is 56.0 cm³/mol. The number of amides is 2. The molecule has 3 rings (SSSR count). The second-order valence-corrected chi connectivity index (χ2v) is 4.57. The fourth-order valence-electron chi connectivity index (χ4n) is 2.34. The van der Waals surface area contributed by atoms with Gasteiger partial charge in [0.15, 0.2) is 6.29 Å². The Morgan fingerprint density at radius 3 is 2.11 bits per heavy atom. The van der Waals surface area contributed by atoms with E-state index in [1.807, 2.05) is 0 Å². The first kappa shape index (κ1) is 12.8. The molecule has 0 aromatic heterocycles. The summed E-state index contributed by atoms with van der Waals surface area (Å²) in [7, 11) is 0. The van der Waals surface area contributed by atoms with Gasteiger partial charge in [-0.25, -0.2) is 0 Å². The molecule has 3 heterocycles. The largest absolute Gasteiger partial charge is 0.365 e. The Bertz CT molecular complexity index is 389. The minimum atomic E-state index is -1.07. The first-order valence-electron chi connectivity index (χ1n) is 5.86. The lowest BCUT2D eigenvalue weighted by molar-refractivity contribution is -0.184. The molecule has 0 aromatic carbocycles. The van der Waals surface area contributed by atoms with E-state index in [1.165, 1.54) is 0 Å². The van der Waals surface area contributed by atoms with E-state index in [4.69, 9.17) is 35.2 Å². The fourth-order valence-corrected chi connectivity index (χ4v) is 2.34. The van der Waals surface area contributed by atoms with Crippen molar-refractivity contribution in [3.63, 3.8) is 0 Å². The van der Waals surface area contributed by atoms with Crippen LogP contribution in [0.25, 0.3) is 0 Å². The van der Waals surface area contributed by atoms with Crippen LogP contribution in [0, 0.1) is 0 Å². The Balaban J connectivity index is 1.55. The molecule has 3 fully saturated rings. The average Bonchev–Trinajstić information content (AvgIpc) is 3.01. The smallest absolute Gasteiger partial charge is 0.274 e. The summed E-state index contributed by atoms with van der Waals surface area (Å²) in [5.74, 6) is -1.37. The normalized spacial score (nSPS) is 45.3. The Morgan fingerprint density at radius 1 is 0.842 bits per heavy atom. The highest BCUT2D eigenvalue weighted by atomic mass is 16.8. The summed E-state index contributed by atoms with van der Waals surface area (Å²) in [6.07, 6.45) is -3.44. The van der Waals surface area contributed by atoms with Crippen LogP contribution in [0.2, 0.25) is 0 Å². The standard InChI is InChI=1S/C10H14N2O7/c11-6(13)9-15-2-5(18-9)3-1-4-8(16-3)19-10(17-4)7(12)14/h3-5,8-10H,1-2H2,(H2,11,13)(H2,12,14). The van der Waals surface area contributed by atoms with Crippen molar-refractivity contribution in [1.29, 1.82) is 0 Å². The maximum atomic E-state index is 10.9. The second-order valence-electron chi connectivity index (χ2n) is 4.57. The molecule has 6 unspecified atom stereocenters. The molecule has 0 aromatic rings. The van der Waals surface area contributed by atoms with E-state index in [-0.39, 0.29) is 18.8 Å². The topological polar surface area (TPSA) is 132 Å². The zero-order valence-electron chi connectivity index (χ0n) is 9.89. The minimum Gasteiger partial charge on any atom is -0.365 e. The molecule has 9 nitrogen and oxygen atoms in total. The third-order valence-corrected chi connectivity index (χ3v) is 3.22. The van der Waals surface area contributed by atoms with Gasteiger partial charge in [-0.1, -0.05) is 0 Å². The molecule has 4 N–H and O–H groups in total.